The average molecular weight is 451 g/mol. The van der Waals surface area contributed by atoms with Crippen LogP contribution in [0.25, 0.3) is 11.0 Å². The largest absolute Gasteiger partial charge is 0.486 e. The third-order valence-corrected chi connectivity index (χ3v) is 5.36. The lowest BCUT2D eigenvalue weighted by Gasteiger charge is -2.18. The van der Waals surface area contributed by atoms with E-state index in [1.165, 1.54) is 17.7 Å². The Labute approximate surface area is 176 Å². The molecule has 146 valence electrons. The number of ether oxygens (including phenoxy) is 1. The molecule has 1 atom stereocenters. The molecule has 1 aromatic heterocycles. The minimum atomic E-state index is -0.958. The first-order valence-corrected chi connectivity index (χ1v) is 9.99. The van der Waals surface area contributed by atoms with Crippen molar-refractivity contribution in [1.29, 1.82) is 0 Å². The molecule has 0 aliphatic rings. The summed E-state index contributed by atoms with van der Waals surface area (Å²) >= 11 is 3.56. The fourth-order valence-electron chi connectivity index (χ4n) is 3.37. The van der Waals surface area contributed by atoms with E-state index in [9.17, 15) is 4.79 Å². The number of carboxylic acids is 1. The van der Waals surface area contributed by atoms with Crippen LogP contribution in [0.2, 0.25) is 0 Å². The summed E-state index contributed by atoms with van der Waals surface area (Å²) in [7, 11) is 0. The number of aromatic carboxylic acids is 1. The molecule has 1 N–H and O–H groups in total. The van der Waals surface area contributed by atoms with Crippen LogP contribution in [0.3, 0.4) is 0 Å². The maximum absolute atomic E-state index is 11.0. The molecule has 0 saturated carbocycles. The highest BCUT2D eigenvalue weighted by Crippen LogP contribution is 2.29. The van der Waals surface area contributed by atoms with Crippen molar-refractivity contribution in [2.24, 2.45) is 0 Å². The van der Waals surface area contributed by atoms with Crippen molar-refractivity contribution >= 4 is 32.9 Å². The summed E-state index contributed by atoms with van der Waals surface area (Å²) in [4.78, 5) is 15.8. The lowest BCUT2D eigenvalue weighted by Crippen LogP contribution is -2.12. The Morgan fingerprint density at radius 2 is 1.83 bits per heavy atom. The minimum absolute atomic E-state index is 0.0727. The molecule has 0 bridgehead atoms. The molecule has 6 heteroatoms. The van der Waals surface area contributed by atoms with Gasteiger partial charge in [0.15, 0.2) is 0 Å². The molecule has 0 amide bonds. The van der Waals surface area contributed by atoms with E-state index in [1.807, 2.05) is 30.3 Å². The maximum Gasteiger partial charge on any atom is 0.335 e. The van der Waals surface area contributed by atoms with E-state index < -0.39 is 5.97 Å². The van der Waals surface area contributed by atoms with Gasteiger partial charge >= 0.3 is 5.97 Å². The van der Waals surface area contributed by atoms with Crippen molar-refractivity contribution in [3.63, 3.8) is 0 Å². The number of fused-ring (bicyclic) bond motifs is 1. The van der Waals surface area contributed by atoms with E-state index in [4.69, 9.17) is 14.8 Å². The number of rotatable bonds is 6. The minimum Gasteiger partial charge on any atom is -0.486 e. The second kappa shape index (κ2) is 8.09. The SMILES string of the molecule is CC(c1ccccc1)n1c(COc2ccc(C(=O)O)cc2)nc2ccc(Br)cc21. The summed E-state index contributed by atoms with van der Waals surface area (Å²) in [5.74, 6) is 0.444. The Hall–Kier alpha value is -3.12. The fourth-order valence-corrected chi connectivity index (χ4v) is 3.72. The highest BCUT2D eigenvalue weighted by Gasteiger charge is 2.18. The van der Waals surface area contributed by atoms with Gasteiger partial charge in [-0.05, 0) is 55.0 Å². The van der Waals surface area contributed by atoms with Gasteiger partial charge in [-0.1, -0.05) is 46.3 Å². The summed E-state index contributed by atoms with van der Waals surface area (Å²) in [5, 5.41) is 9.03. The zero-order valence-electron chi connectivity index (χ0n) is 15.7. The smallest absolute Gasteiger partial charge is 0.335 e. The van der Waals surface area contributed by atoms with Crippen LogP contribution < -0.4 is 4.74 Å². The van der Waals surface area contributed by atoms with Crippen molar-refractivity contribution in [1.82, 2.24) is 9.55 Å². The number of hydrogen-bond donors (Lipinski definition) is 1. The van der Waals surface area contributed by atoms with Gasteiger partial charge in [0.2, 0.25) is 0 Å². The van der Waals surface area contributed by atoms with E-state index >= 15 is 0 Å². The second-order valence-electron chi connectivity index (χ2n) is 6.74. The molecule has 4 rings (SSSR count). The van der Waals surface area contributed by atoms with Gasteiger partial charge in [0, 0.05) is 4.47 Å². The fraction of sp³-hybridized carbons (Fsp3) is 0.130. The normalized spacial score (nSPS) is 12.1. The summed E-state index contributed by atoms with van der Waals surface area (Å²) in [5.41, 5.74) is 3.33. The second-order valence-corrected chi connectivity index (χ2v) is 7.65. The highest BCUT2D eigenvalue weighted by molar-refractivity contribution is 9.10. The Kier molecular flexibility index (Phi) is 5.36. The zero-order chi connectivity index (χ0) is 20.4. The molecule has 29 heavy (non-hydrogen) atoms. The van der Waals surface area contributed by atoms with E-state index in [-0.39, 0.29) is 18.2 Å². The molecule has 5 nitrogen and oxygen atoms in total. The molecule has 1 unspecified atom stereocenters. The molecule has 0 aliphatic carbocycles. The Balaban J connectivity index is 1.69. The van der Waals surface area contributed by atoms with Crippen LogP contribution in [0.1, 0.15) is 34.7 Å². The quantitative estimate of drug-likeness (QED) is 0.410. The van der Waals surface area contributed by atoms with E-state index in [0.717, 1.165) is 21.3 Å². The number of carbonyl (C=O) groups is 1. The summed E-state index contributed by atoms with van der Waals surface area (Å²) in [6.07, 6.45) is 0. The number of hydrogen-bond acceptors (Lipinski definition) is 3. The molecule has 0 fully saturated rings. The van der Waals surface area contributed by atoms with Crippen LogP contribution in [0.15, 0.2) is 77.3 Å². The van der Waals surface area contributed by atoms with Crippen LogP contribution >= 0.6 is 15.9 Å². The zero-order valence-corrected chi connectivity index (χ0v) is 17.3. The van der Waals surface area contributed by atoms with Gasteiger partial charge in [-0.15, -0.1) is 0 Å². The van der Waals surface area contributed by atoms with Gasteiger partial charge in [0.25, 0.3) is 0 Å². The van der Waals surface area contributed by atoms with Gasteiger partial charge in [-0.2, -0.15) is 0 Å². The number of halogens is 1. The monoisotopic (exact) mass is 450 g/mol. The van der Waals surface area contributed by atoms with Crippen molar-refractivity contribution in [3.05, 3.63) is 94.2 Å². The summed E-state index contributed by atoms with van der Waals surface area (Å²) < 4.78 is 9.10. The number of carboxylic acid groups (broad SMARTS) is 1. The molecule has 0 aliphatic heterocycles. The number of benzene rings is 3. The predicted molar refractivity (Wildman–Crippen MR) is 115 cm³/mol. The van der Waals surface area contributed by atoms with Crippen LogP contribution in [-0.4, -0.2) is 20.6 Å². The van der Waals surface area contributed by atoms with Crippen molar-refractivity contribution < 1.29 is 14.6 Å². The van der Waals surface area contributed by atoms with Gasteiger partial charge < -0.3 is 14.4 Å². The van der Waals surface area contributed by atoms with Gasteiger partial charge in [0.1, 0.15) is 18.2 Å². The summed E-state index contributed by atoms with van der Waals surface area (Å²) in [6, 6.07) is 22.7. The van der Waals surface area contributed by atoms with Gasteiger partial charge in [0.05, 0.1) is 22.6 Å². The molecular weight excluding hydrogens is 432 g/mol. The molecular formula is C23H19BrN2O3. The van der Waals surface area contributed by atoms with Gasteiger partial charge in [-0.25, -0.2) is 9.78 Å². The number of imidazole rings is 1. The predicted octanol–water partition coefficient (Wildman–Crippen LogP) is 5.69. The first kappa shape index (κ1) is 19.2. The third kappa shape index (κ3) is 4.03. The van der Waals surface area contributed by atoms with E-state index in [1.54, 1.807) is 12.1 Å². The molecule has 0 spiro atoms. The van der Waals surface area contributed by atoms with Gasteiger partial charge in [-0.3, -0.25) is 0 Å². The highest BCUT2D eigenvalue weighted by atomic mass is 79.9. The third-order valence-electron chi connectivity index (χ3n) is 4.86. The lowest BCUT2D eigenvalue weighted by molar-refractivity contribution is 0.0697. The number of aromatic nitrogens is 2. The first-order valence-electron chi connectivity index (χ1n) is 9.20. The number of nitrogens with zero attached hydrogens (tertiary/aromatic N) is 2. The molecule has 0 radical (unpaired) electrons. The Morgan fingerprint density at radius 3 is 2.52 bits per heavy atom. The van der Waals surface area contributed by atoms with Crippen LogP contribution in [0.5, 0.6) is 5.75 Å². The maximum atomic E-state index is 11.0. The summed E-state index contributed by atoms with van der Waals surface area (Å²) in [6.45, 7) is 2.42. The average Bonchev–Trinajstić information content (AvgIpc) is 3.10. The Bertz CT molecular complexity index is 1150. The van der Waals surface area contributed by atoms with Crippen molar-refractivity contribution in [3.8, 4) is 5.75 Å². The lowest BCUT2D eigenvalue weighted by atomic mass is 10.1. The molecule has 1 heterocycles. The van der Waals surface area contributed by atoms with Crippen LogP contribution in [0.4, 0.5) is 0 Å². The van der Waals surface area contributed by atoms with Crippen LogP contribution in [0, 0.1) is 0 Å². The first-order chi connectivity index (χ1) is 14.0. The van der Waals surface area contributed by atoms with Crippen molar-refractivity contribution in [2.45, 2.75) is 19.6 Å². The van der Waals surface area contributed by atoms with E-state index in [2.05, 4.69) is 45.6 Å². The molecule has 0 saturated heterocycles. The van der Waals surface area contributed by atoms with Crippen LogP contribution in [-0.2, 0) is 6.61 Å². The van der Waals surface area contributed by atoms with Crippen molar-refractivity contribution in [2.75, 3.05) is 0 Å². The van der Waals surface area contributed by atoms with E-state index in [0.29, 0.717) is 5.75 Å². The topological polar surface area (TPSA) is 64.3 Å². The molecule has 3 aromatic carbocycles. The Morgan fingerprint density at radius 1 is 1.10 bits per heavy atom. The molecule has 4 aromatic rings. The standard InChI is InChI=1S/C23H19BrN2O3/c1-15(16-5-3-2-4-6-16)26-21-13-18(24)9-12-20(21)25-22(26)14-29-19-10-7-17(8-11-19)23(27)28/h2-13,15H,14H2,1H3,(H,27,28).